The summed E-state index contributed by atoms with van der Waals surface area (Å²) in [6.07, 6.45) is 3.13. The largest absolute Gasteiger partial charge is 0.422 e. The maximum atomic E-state index is 10.8. The Morgan fingerprint density at radius 2 is 1.93 bits per heavy atom. The van der Waals surface area contributed by atoms with Crippen molar-refractivity contribution in [3.63, 3.8) is 0 Å². The van der Waals surface area contributed by atoms with E-state index < -0.39 is 11.8 Å². The molecule has 2 rings (SSSR count). The number of benzene rings is 1. The van der Waals surface area contributed by atoms with Gasteiger partial charge in [0.25, 0.3) is 5.79 Å². The first kappa shape index (κ1) is 9.61. The highest BCUT2D eigenvalue weighted by Crippen LogP contribution is 2.28. The number of hydrogen-bond donors (Lipinski definition) is 1. The van der Waals surface area contributed by atoms with E-state index in [4.69, 9.17) is 4.74 Å². The van der Waals surface area contributed by atoms with Gasteiger partial charge in [-0.2, -0.15) is 0 Å². The van der Waals surface area contributed by atoms with Gasteiger partial charge in [0.2, 0.25) is 0 Å². The number of hydrogen-bond acceptors (Lipinski definition) is 4. The molecule has 1 heterocycles. The van der Waals surface area contributed by atoms with Crippen molar-refractivity contribution in [2.75, 3.05) is 0 Å². The van der Waals surface area contributed by atoms with E-state index in [1.54, 1.807) is 12.1 Å². The van der Waals surface area contributed by atoms with Gasteiger partial charge in [0, 0.05) is 17.2 Å². The second kappa shape index (κ2) is 3.33. The Balaban J connectivity index is 2.34. The van der Waals surface area contributed by atoms with Crippen LogP contribution in [0.5, 0.6) is 0 Å². The third-order valence-corrected chi connectivity index (χ3v) is 2.16. The highest BCUT2D eigenvalue weighted by molar-refractivity contribution is 5.85. The van der Waals surface area contributed by atoms with Crippen LogP contribution in [0.15, 0.2) is 36.4 Å². The van der Waals surface area contributed by atoms with Crippen LogP contribution in [0.4, 0.5) is 0 Å². The van der Waals surface area contributed by atoms with Crippen LogP contribution in [0.1, 0.15) is 15.9 Å². The maximum absolute atomic E-state index is 10.8. The fourth-order valence-electron chi connectivity index (χ4n) is 1.36. The second-order valence-electron chi connectivity index (χ2n) is 3.19. The van der Waals surface area contributed by atoms with Gasteiger partial charge in [0.1, 0.15) is 6.29 Å². The Bertz CT molecular complexity index is 432. The Kier molecular flexibility index (Phi) is 2.13. The van der Waals surface area contributed by atoms with Gasteiger partial charge in [-0.15, -0.1) is 0 Å². The highest BCUT2D eigenvalue weighted by atomic mass is 16.7. The lowest BCUT2D eigenvalue weighted by molar-refractivity contribution is -0.181. The lowest BCUT2D eigenvalue weighted by Gasteiger charge is -2.19. The zero-order valence-electron chi connectivity index (χ0n) is 7.71. The van der Waals surface area contributed by atoms with Gasteiger partial charge in [-0.1, -0.05) is 24.3 Å². The standard InChI is InChI=1S/C11H8O4/c12-7-8-1-3-9(4-2-8)11(14)6-5-10(13)15-11/h1-7,14H. The first-order valence-electron chi connectivity index (χ1n) is 4.34. The SMILES string of the molecule is O=Cc1ccc(C2(O)C=CC(=O)O2)cc1. The summed E-state index contributed by atoms with van der Waals surface area (Å²) in [5.74, 6) is -2.28. The molecule has 0 aliphatic carbocycles. The van der Waals surface area contributed by atoms with Crippen LogP contribution in [0, 0.1) is 0 Å². The molecule has 4 heteroatoms. The summed E-state index contributed by atoms with van der Waals surface area (Å²) >= 11 is 0. The average Bonchev–Trinajstić information content (AvgIpc) is 2.60. The molecule has 0 saturated heterocycles. The van der Waals surface area contributed by atoms with Crippen LogP contribution in [0.25, 0.3) is 0 Å². The topological polar surface area (TPSA) is 63.6 Å². The molecular formula is C11H8O4. The van der Waals surface area contributed by atoms with E-state index in [1.165, 1.54) is 18.2 Å². The smallest absolute Gasteiger partial charge is 0.333 e. The number of carbonyl (C=O) groups excluding carboxylic acids is 2. The molecule has 0 radical (unpaired) electrons. The summed E-state index contributed by atoms with van der Waals surface area (Å²) in [6.45, 7) is 0. The Morgan fingerprint density at radius 1 is 1.27 bits per heavy atom. The monoisotopic (exact) mass is 204 g/mol. The molecule has 4 nitrogen and oxygen atoms in total. The molecule has 76 valence electrons. The van der Waals surface area contributed by atoms with Crippen molar-refractivity contribution in [2.24, 2.45) is 0 Å². The van der Waals surface area contributed by atoms with E-state index in [2.05, 4.69) is 0 Å². The van der Waals surface area contributed by atoms with E-state index >= 15 is 0 Å². The van der Waals surface area contributed by atoms with E-state index in [9.17, 15) is 14.7 Å². The van der Waals surface area contributed by atoms with Gasteiger partial charge in [-0.3, -0.25) is 4.79 Å². The van der Waals surface area contributed by atoms with Gasteiger partial charge in [0.15, 0.2) is 0 Å². The molecule has 1 aromatic carbocycles. The summed E-state index contributed by atoms with van der Waals surface area (Å²) in [4.78, 5) is 21.2. The zero-order valence-corrected chi connectivity index (χ0v) is 7.71. The summed E-state index contributed by atoms with van der Waals surface area (Å²) in [7, 11) is 0. The molecule has 0 aromatic heterocycles. The fourth-order valence-corrected chi connectivity index (χ4v) is 1.36. The van der Waals surface area contributed by atoms with E-state index in [0.717, 1.165) is 6.08 Å². The minimum absolute atomic E-state index is 0.412. The van der Waals surface area contributed by atoms with Gasteiger partial charge in [0.05, 0.1) is 0 Å². The number of carbonyl (C=O) groups is 2. The molecule has 0 fully saturated rings. The average molecular weight is 204 g/mol. The molecule has 1 aliphatic rings. The number of aliphatic hydroxyl groups is 1. The van der Waals surface area contributed by atoms with Crippen molar-refractivity contribution in [3.8, 4) is 0 Å². The normalized spacial score (nSPS) is 23.9. The molecule has 0 spiro atoms. The predicted octanol–water partition coefficient (Wildman–Crippen LogP) is 0.757. The molecule has 1 atom stereocenters. The van der Waals surface area contributed by atoms with Gasteiger partial charge < -0.3 is 9.84 Å². The summed E-state index contributed by atoms with van der Waals surface area (Å²) < 4.78 is 4.73. The molecule has 15 heavy (non-hydrogen) atoms. The van der Waals surface area contributed by atoms with E-state index in [-0.39, 0.29) is 0 Å². The van der Waals surface area contributed by atoms with Crippen molar-refractivity contribution < 1.29 is 19.4 Å². The minimum Gasteiger partial charge on any atom is -0.422 e. The molecule has 0 amide bonds. The number of esters is 1. The quantitative estimate of drug-likeness (QED) is 0.570. The molecule has 1 N–H and O–H groups in total. The van der Waals surface area contributed by atoms with Gasteiger partial charge >= 0.3 is 5.97 Å². The van der Waals surface area contributed by atoms with Gasteiger partial charge in [-0.05, 0) is 6.08 Å². The van der Waals surface area contributed by atoms with Crippen molar-refractivity contribution in [3.05, 3.63) is 47.5 Å². The van der Waals surface area contributed by atoms with Crippen LogP contribution in [-0.4, -0.2) is 17.4 Å². The number of aldehydes is 1. The Labute approximate surface area is 85.8 Å². The summed E-state index contributed by atoms with van der Waals surface area (Å²) in [6, 6.07) is 6.15. The maximum Gasteiger partial charge on any atom is 0.333 e. The predicted molar refractivity (Wildman–Crippen MR) is 51.0 cm³/mol. The molecule has 1 aliphatic heterocycles. The molecular weight excluding hydrogens is 196 g/mol. The first-order chi connectivity index (χ1) is 7.14. The number of rotatable bonds is 2. The first-order valence-corrected chi connectivity index (χ1v) is 4.34. The Morgan fingerprint density at radius 3 is 2.40 bits per heavy atom. The summed E-state index contributed by atoms with van der Waals surface area (Å²) in [5, 5.41) is 9.88. The van der Waals surface area contributed by atoms with Gasteiger partial charge in [-0.25, -0.2) is 4.79 Å². The highest BCUT2D eigenvalue weighted by Gasteiger charge is 2.34. The van der Waals surface area contributed by atoms with Crippen molar-refractivity contribution in [1.29, 1.82) is 0 Å². The van der Waals surface area contributed by atoms with Crippen LogP contribution in [0.2, 0.25) is 0 Å². The van der Waals surface area contributed by atoms with Crippen molar-refractivity contribution in [1.82, 2.24) is 0 Å². The molecule has 0 saturated carbocycles. The van der Waals surface area contributed by atoms with Crippen LogP contribution < -0.4 is 0 Å². The van der Waals surface area contributed by atoms with Crippen LogP contribution >= 0.6 is 0 Å². The second-order valence-corrected chi connectivity index (χ2v) is 3.19. The van der Waals surface area contributed by atoms with Crippen LogP contribution in [0.3, 0.4) is 0 Å². The zero-order chi connectivity index (χ0) is 10.9. The lowest BCUT2D eigenvalue weighted by Crippen LogP contribution is -2.24. The van der Waals surface area contributed by atoms with E-state index in [0.29, 0.717) is 17.4 Å². The van der Waals surface area contributed by atoms with Crippen molar-refractivity contribution in [2.45, 2.75) is 5.79 Å². The number of cyclic esters (lactones) is 1. The molecule has 1 unspecified atom stereocenters. The minimum atomic E-state index is -1.70. The molecule has 1 aromatic rings. The van der Waals surface area contributed by atoms with Crippen LogP contribution in [-0.2, 0) is 15.3 Å². The third-order valence-electron chi connectivity index (χ3n) is 2.16. The fraction of sp³-hybridized carbons (Fsp3) is 0.0909. The summed E-state index contributed by atoms with van der Waals surface area (Å²) in [5.41, 5.74) is 0.908. The lowest BCUT2D eigenvalue weighted by atomic mass is 10.0. The van der Waals surface area contributed by atoms with E-state index in [1.807, 2.05) is 0 Å². The third kappa shape index (κ3) is 1.67. The number of ether oxygens (including phenoxy) is 1. The molecule has 0 bridgehead atoms. The van der Waals surface area contributed by atoms with Crippen molar-refractivity contribution >= 4 is 12.3 Å². The Hall–Kier alpha value is -1.94.